The number of carbonyl (C=O) groups excluding carboxylic acids is 1. The van der Waals surface area contributed by atoms with Crippen molar-refractivity contribution in [2.45, 2.75) is 51.5 Å². The fourth-order valence-electron chi connectivity index (χ4n) is 6.46. The Hall–Kier alpha value is -2.03. The molecule has 0 spiro atoms. The maximum atomic E-state index is 13.8. The zero-order valence-corrected chi connectivity index (χ0v) is 16.0. The van der Waals surface area contributed by atoms with Crippen molar-refractivity contribution in [2.24, 2.45) is 23.2 Å². The number of amides is 1. The maximum Gasteiger partial charge on any atom is 0.229 e. The van der Waals surface area contributed by atoms with Crippen molar-refractivity contribution in [1.29, 1.82) is 0 Å². The molecule has 3 heteroatoms. The van der Waals surface area contributed by atoms with Crippen molar-refractivity contribution < 1.29 is 9.21 Å². The Bertz CT molecular complexity index is 745. The average Bonchev–Trinajstić information content (AvgIpc) is 3.17. The zero-order valence-electron chi connectivity index (χ0n) is 16.0. The Labute approximate surface area is 161 Å². The van der Waals surface area contributed by atoms with E-state index in [-0.39, 0.29) is 5.41 Å². The number of hydrogen-bond acceptors (Lipinski definition) is 2. The second-order valence-electron chi connectivity index (χ2n) is 9.24. The zero-order chi connectivity index (χ0) is 18.3. The van der Waals surface area contributed by atoms with Crippen LogP contribution in [0.25, 0.3) is 0 Å². The van der Waals surface area contributed by atoms with Crippen LogP contribution in [0, 0.1) is 23.2 Å². The molecule has 1 aromatic carbocycles. The van der Waals surface area contributed by atoms with Gasteiger partial charge in [-0.25, -0.2) is 0 Å². The van der Waals surface area contributed by atoms with E-state index in [0.717, 1.165) is 55.7 Å². The minimum absolute atomic E-state index is 0.0853. The van der Waals surface area contributed by atoms with Gasteiger partial charge in [0.2, 0.25) is 5.91 Å². The Morgan fingerprint density at radius 3 is 2.22 bits per heavy atom. The van der Waals surface area contributed by atoms with Crippen LogP contribution in [0.5, 0.6) is 0 Å². The summed E-state index contributed by atoms with van der Waals surface area (Å²) in [6, 6.07) is 14.4. The van der Waals surface area contributed by atoms with E-state index in [0.29, 0.717) is 12.5 Å². The lowest BCUT2D eigenvalue weighted by molar-refractivity contribution is -0.158. The highest BCUT2D eigenvalue weighted by Crippen LogP contribution is 2.60. The lowest BCUT2D eigenvalue weighted by atomic mass is 9.49. The highest BCUT2D eigenvalue weighted by atomic mass is 16.3. The highest BCUT2D eigenvalue weighted by Gasteiger charge is 2.55. The number of rotatable bonds is 6. The van der Waals surface area contributed by atoms with Crippen LogP contribution in [0.15, 0.2) is 53.1 Å². The fraction of sp³-hybridized carbons (Fsp3) is 0.542. The van der Waals surface area contributed by atoms with Gasteiger partial charge in [0, 0.05) is 6.54 Å². The summed E-state index contributed by atoms with van der Waals surface area (Å²) < 4.78 is 5.59. The third-order valence-electron chi connectivity index (χ3n) is 7.22. The van der Waals surface area contributed by atoms with E-state index in [1.165, 1.54) is 24.8 Å². The molecule has 4 aliphatic carbocycles. The van der Waals surface area contributed by atoms with Crippen LogP contribution in [0.3, 0.4) is 0 Å². The van der Waals surface area contributed by atoms with Crippen LogP contribution in [-0.2, 0) is 17.8 Å². The molecule has 1 amide bonds. The number of nitrogens with zero attached hydrogens (tertiary/aromatic N) is 1. The molecule has 0 saturated heterocycles. The van der Waals surface area contributed by atoms with E-state index < -0.39 is 0 Å². The Morgan fingerprint density at radius 1 is 0.963 bits per heavy atom. The van der Waals surface area contributed by atoms with E-state index in [9.17, 15) is 4.79 Å². The molecular weight excluding hydrogens is 334 g/mol. The van der Waals surface area contributed by atoms with E-state index >= 15 is 0 Å². The largest absolute Gasteiger partial charge is 0.467 e. The predicted octanol–water partition coefficient (Wildman–Crippen LogP) is 5.07. The first-order valence-corrected chi connectivity index (χ1v) is 10.6. The van der Waals surface area contributed by atoms with Crippen LogP contribution >= 0.6 is 0 Å². The van der Waals surface area contributed by atoms with Gasteiger partial charge in [-0.2, -0.15) is 0 Å². The SMILES string of the molecule is O=C(N(CCc1ccccc1)Cc1ccco1)C12CC3CC(CC(C3)C1)C2. The Balaban J connectivity index is 1.37. The normalized spacial score (nSPS) is 31.2. The van der Waals surface area contributed by atoms with Gasteiger partial charge < -0.3 is 9.32 Å². The molecule has 0 atom stereocenters. The van der Waals surface area contributed by atoms with Crippen molar-refractivity contribution in [3.05, 3.63) is 60.1 Å². The van der Waals surface area contributed by atoms with Crippen molar-refractivity contribution in [3.8, 4) is 0 Å². The van der Waals surface area contributed by atoms with Crippen LogP contribution in [0.2, 0.25) is 0 Å². The fourth-order valence-corrected chi connectivity index (χ4v) is 6.46. The van der Waals surface area contributed by atoms with Gasteiger partial charge in [0.15, 0.2) is 0 Å². The number of hydrogen-bond donors (Lipinski definition) is 0. The lowest BCUT2D eigenvalue weighted by Crippen LogP contribution is -2.54. The molecule has 0 aliphatic heterocycles. The first kappa shape index (κ1) is 17.1. The molecule has 3 nitrogen and oxygen atoms in total. The minimum atomic E-state index is -0.0853. The van der Waals surface area contributed by atoms with Crippen LogP contribution in [-0.4, -0.2) is 17.4 Å². The number of benzene rings is 1. The summed E-state index contributed by atoms with van der Waals surface area (Å²) in [5.41, 5.74) is 1.21. The van der Waals surface area contributed by atoms with Gasteiger partial charge in [-0.05, 0) is 80.4 Å². The average molecular weight is 364 g/mol. The highest BCUT2D eigenvalue weighted by molar-refractivity contribution is 5.83. The summed E-state index contributed by atoms with van der Waals surface area (Å²) in [5, 5.41) is 0. The van der Waals surface area contributed by atoms with Gasteiger partial charge in [0.1, 0.15) is 5.76 Å². The summed E-state index contributed by atoms with van der Waals surface area (Å²) in [4.78, 5) is 15.9. The smallest absolute Gasteiger partial charge is 0.229 e. The van der Waals surface area contributed by atoms with E-state index in [1.54, 1.807) is 6.26 Å². The molecule has 142 valence electrons. The summed E-state index contributed by atoms with van der Waals surface area (Å²) >= 11 is 0. The van der Waals surface area contributed by atoms with E-state index in [4.69, 9.17) is 4.42 Å². The molecule has 1 heterocycles. The molecule has 27 heavy (non-hydrogen) atoms. The van der Waals surface area contributed by atoms with Crippen LogP contribution in [0.1, 0.15) is 49.8 Å². The van der Waals surface area contributed by atoms with Gasteiger partial charge in [-0.1, -0.05) is 30.3 Å². The Morgan fingerprint density at radius 2 is 1.63 bits per heavy atom. The van der Waals surface area contributed by atoms with Gasteiger partial charge in [-0.3, -0.25) is 4.79 Å². The first-order chi connectivity index (χ1) is 13.2. The quantitative estimate of drug-likeness (QED) is 0.718. The van der Waals surface area contributed by atoms with Crippen molar-refractivity contribution in [3.63, 3.8) is 0 Å². The molecule has 1 aromatic heterocycles. The lowest BCUT2D eigenvalue weighted by Gasteiger charge is -2.56. The van der Waals surface area contributed by atoms with Gasteiger partial charge in [0.25, 0.3) is 0 Å². The maximum absolute atomic E-state index is 13.8. The molecule has 0 N–H and O–H groups in total. The second kappa shape index (κ2) is 6.85. The summed E-state index contributed by atoms with van der Waals surface area (Å²) in [6.07, 6.45) is 10.1. The Kier molecular flexibility index (Phi) is 4.34. The molecule has 4 fully saturated rings. The van der Waals surface area contributed by atoms with Crippen molar-refractivity contribution in [1.82, 2.24) is 4.90 Å². The summed E-state index contributed by atoms with van der Waals surface area (Å²) in [6.45, 7) is 1.37. The molecule has 2 aromatic rings. The minimum Gasteiger partial charge on any atom is -0.467 e. The first-order valence-electron chi connectivity index (χ1n) is 10.6. The van der Waals surface area contributed by atoms with Gasteiger partial charge in [0.05, 0.1) is 18.2 Å². The van der Waals surface area contributed by atoms with E-state index in [2.05, 4.69) is 29.2 Å². The summed E-state index contributed by atoms with van der Waals surface area (Å²) in [5.74, 6) is 3.66. The molecule has 4 aliphatic rings. The van der Waals surface area contributed by atoms with Crippen molar-refractivity contribution in [2.75, 3.05) is 6.54 Å². The van der Waals surface area contributed by atoms with Crippen LogP contribution < -0.4 is 0 Å². The monoisotopic (exact) mass is 363 g/mol. The van der Waals surface area contributed by atoms with Crippen molar-refractivity contribution >= 4 is 5.91 Å². The van der Waals surface area contributed by atoms with Gasteiger partial charge in [-0.15, -0.1) is 0 Å². The predicted molar refractivity (Wildman–Crippen MR) is 105 cm³/mol. The topological polar surface area (TPSA) is 33.5 Å². The third-order valence-corrected chi connectivity index (χ3v) is 7.22. The molecule has 0 radical (unpaired) electrons. The number of carbonyl (C=O) groups is 1. The molecular formula is C24H29NO2. The summed E-state index contributed by atoms with van der Waals surface area (Å²) in [7, 11) is 0. The molecule has 4 saturated carbocycles. The molecule has 6 rings (SSSR count). The molecule has 0 unspecified atom stereocenters. The molecule has 4 bridgehead atoms. The standard InChI is InChI=1S/C24H29NO2/c26-23(24-14-19-11-20(15-24)13-21(12-19)16-24)25(17-22-7-4-10-27-22)9-8-18-5-2-1-3-6-18/h1-7,10,19-21H,8-9,11-17H2. The van der Waals surface area contributed by atoms with E-state index in [1.807, 2.05) is 18.2 Å². The second-order valence-corrected chi connectivity index (χ2v) is 9.24. The van der Waals surface area contributed by atoms with Gasteiger partial charge >= 0.3 is 0 Å². The third kappa shape index (κ3) is 3.33. The van der Waals surface area contributed by atoms with Crippen LogP contribution in [0.4, 0.5) is 0 Å². The number of furan rings is 1.